The lowest BCUT2D eigenvalue weighted by molar-refractivity contribution is -0.129. The Bertz CT molecular complexity index is 354. The van der Waals surface area contributed by atoms with Crippen molar-refractivity contribution in [2.24, 2.45) is 0 Å². The van der Waals surface area contributed by atoms with Crippen molar-refractivity contribution in [3.63, 3.8) is 0 Å². The zero-order chi connectivity index (χ0) is 10.2. The van der Waals surface area contributed by atoms with Crippen LogP contribution < -0.4 is 5.48 Å². The van der Waals surface area contributed by atoms with Crippen molar-refractivity contribution < 1.29 is 10.0 Å². The Hall–Kier alpha value is -1.06. The minimum absolute atomic E-state index is 0.0116. The predicted octanol–water partition coefficient (Wildman–Crippen LogP) is 1.66. The van der Waals surface area contributed by atoms with Crippen LogP contribution in [0.3, 0.4) is 0 Å². The van der Waals surface area contributed by atoms with E-state index in [4.69, 9.17) is 16.8 Å². The molecule has 1 aliphatic carbocycles. The molecule has 0 bridgehead atoms. The van der Waals surface area contributed by atoms with Gasteiger partial charge in [0.25, 0.3) is 5.91 Å². The molecule has 0 radical (unpaired) electrons. The largest absolute Gasteiger partial charge is 0.289 e. The Morgan fingerprint density at radius 1 is 1.50 bits per heavy atom. The molecule has 2 atom stereocenters. The molecule has 1 fully saturated rings. The first-order valence-electron chi connectivity index (χ1n) is 4.37. The van der Waals surface area contributed by atoms with Crippen LogP contribution in [-0.4, -0.2) is 16.0 Å². The Morgan fingerprint density at radius 3 is 2.71 bits per heavy atom. The van der Waals surface area contributed by atoms with E-state index in [0.29, 0.717) is 6.42 Å². The van der Waals surface area contributed by atoms with Crippen LogP contribution in [0.2, 0.25) is 0 Å². The van der Waals surface area contributed by atoms with Gasteiger partial charge in [0.05, 0.1) is 0 Å². The van der Waals surface area contributed by atoms with Crippen molar-refractivity contribution in [3.05, 3.63) is 35.9 Å². The van der Waals surface area contributed by atoms with E-state index in [0.717, 1.165) is 5.56 Å². The molecule has 0 saturated heterocycles. The van der Waals surface area contributed by atoms with Crippen LogP contribution in [-0.2, 0) is 4.79 Å². The molecule has 1 aromatic carbocycles. The maximum atomic E-state index is 11.2. The summed E-state index contributed by atoms with van der Waals surface area (Å²) in [5, 5.41) is 8.49. The molecule has 2 N–H and O–H groups in total. The van der Waals surface area contributed by atoms with Gasteiger partial charge in [-0.3, -0.25) is 10.0 Å². The number of nitrogens with one attached hydrogen (secondary N) is 1. The second kappa shape index (κ2) is 3.26. The third-order valence-corrected chi connectivity index (χ3v) is 3.16. The summed E-state index contributed by atoms with van der Waals surface area (Å²) in [6, 6.07) is 9.58. The average Bonchev–Trinajstić information content (AvgIpc) is 2.92. The van der Waals surface area contributed by atoms with Gasteiger partial charge >= 0.3 is 0 Å². The Kier molecular flexibility index (Phi) is 2.21. The molecular weight excluding hydrogens is 202 g/mol. The number of alkyl halides is 1. The minimum Gasteiger partial charge on any atom is -0.289 e. The van der Waals surface area contributed by atoms with Gasteiger partial charge in [-0.15, -0.1) is 11.6 Å². The second-order valence-corrected chi connectivity index (χ2v) is 4.15. The van der Waals surface area contributed by atoms with Gasteiger partial charge in [0.1, 0.15) is 4.87 Å². The van der Waals surface area contributed by atoms with Crippen LogP contribution in [0.25, 0.3) is 0 Å². The molecule has 74 valence electrons. The zero-order valence-electron chi connectivity index (χ0n) is 7.40. The van der Waals surface area contributed by atoms with Crippen molar-refractivity contribution in [2.75, 3.05) is 0 Å². The highest BCUT2D eigenvalue weighted by Crippen LogP contribution is 2.56. The van der Waals surface area contributed by atoms with Gasteiger partial charge < -0.3 is 0 Å². The number of rotatable bonds is 2. The Labute approximate surface area is 86.6 Å². The molecule has 0 heterocycles. The van der Waals surface area contributed by atoms with E-state index in [2.05, 4.69) is 0 Å². The number of carbonyl (C=O) groups excluding carboxylic acids is 1. The first kappa shape index (κ1) is 9.49. The molecule has 1 aromatic rings. The number of carbonyl (C=O) groups is 1. The van der Waals surface area contributed by atoms with Crippen LogP contribution >= 0.6 is 11.6 Å². The quantitative estimate of drug-likeness (QED) is 0.444. The molecule has 0 spiro atoms. The number of amides is 1. The summed E-state index contributed by atoms with van der Waals surface area (Å²) in [6.45, 7) is 0. The lowest BCUT2D eigenvalue weighted by Crippen LogP contribution is -2.31. The SMILES string of the molecule is O=C(NO)[C@@]1(Cl)C[C@@H]1c1ccccc1. The van der Waals surface area contributed by atoms with Gasteiger partial charge in [0.15, 0.2) is 0 Å². The third kappa shape index (κ3) is 1.38. The third-order valence-electron chi connectivity index (χ3n) is 2.57. The predicted molar refractivity (Wildman–Crippen MR) is 52.3 cm³/mol. The summed E-state index contributed by atoms with van der Waals surface area (Å²) < 4.78 is 0. The van der Waals surface area contributed by atoms with Gasteiger partial charge in [0.2, 0.25) is 0 Å². The van der Waals surface area contributed by atoms with Gasteiger partial charge in [-0.05, 0) is 12.0 Å². The number of hydrogen-bond donors (Lipinski definition) is 2. The minimum atomic E-state index is -0.948. The van der Waals surface area contributed by atoms with Gasteiger partial charge in [-0.1, -0.05) is 30.3 Å². The van der Waals surface area contributed by atoms with Crippen LogP contribution in [0.15, 0.2) is 30.3 Å². The van der Waals surface area contributed by atoms with Gasteiger partial charge in [0, 0.05) is 5.92 Å². The van der Waals surface area contributed by atoms with E-state index < -0.39 is 10.8 Å². The van der Waals surface area contributed by atoms with Crippen molar-refractivity contribution in [1.82, 2.24) is 5.48 Å². The number of hydroxylamine groups is 1. The zero-order valence-corrected chi connectivity index (χ0v) is 8.16. The molecule has 4 heteroatoms. The fourth-order valence-electron chi connectivity index (χ4n) is 1.65. The molecule has 1 amide bonds. The van der Waals surface area contributed by atoms with E-state index in [-0.39, 0.29) is 5.92 Å². The van der Waals surface area contributed by atoms with Crippen molar-refractivity contribution in [3.8, 4) is 0 Å². The topological polar surface area (TPSA) is 49.3 Å². The molecule has 14 heavy (non-hydrogen) atoms. The van der Waals surface area contributed by atoms with Crippen molar-refractivity contribution in [2.45, 2.75) is 17.2 Å². The number of hydrogen-bond acceptors (Lipinski definition) is 2. The van der Waals surface area contributed by atoms with E-state index >= 15 is 0 Å². The summed E-state index contributed by atoms with van der Waals surface area (Å²) in [4.78, 5) is 10.2. The maximum absolute atomic E-state index is 11.2. The van der Waals surface area contributed by atoms with Crippen molar-refractivity contribution >= 4 is 17.5 Å². The van der Waals surface area contributed by atoms with E-state index in [1.165, 1.54) is 0 Å². The Morgan fingerprint density at radius 2 is 2.14 bits per heavy atom. The van der Waals surface area contributed by atoms with E-state index in [1.54, 1.807) is 5.48 Å². The standard InChI is InChI=1S/C10H10ClNO2/c11-10(9(13)12-14)6-8(10)7-4-2-1-3-5-7/h1-5,8,14H,6H2,(H,12,13)/t8-,10-/m1/s1. The fourth-order valence-corrected chi connectivity index (χ4v) is 1.97. The summed E-state index contributed by atoms with van der Waals surface area (Å²) in [5.41, 5.74) is 2.63. The first-order valence-corrected chi connectivity index (χ1v) is 4.74. The molecule has 1 aliphatic rings. The summed E-state index contributed by atoms with van der Waals surface area (Å²) in [5.74, 6) is -0.509. The monoisotopic (exact) mass is 211 g/mol. The van der Waals surface area contributed by atoms with Gasteiger partial charge in [-0.25, -0.2) is 5.48 Å². The van der Waals surface area contributed by atoms with Crippen LogP contribution in [0.4, 0.5) is 0 Å². The normalized spacial score (nSPS) is 29.7. The first-order chi connectivity index (χ1) is 6.68. The summed E-state index contributed by atoms with van der Waals surface area (Å²) >= 11 is 6.02. The molecule has 3 nitrogen and oxygen atoms in total. The Balaban J connectivity index is 2.16. The highest BCUT2D eigenvalue weighted by Gasteiger charge is 2.59. The lowest BCUT2D eigenvalue weighted by Gasteiger charge is -2.05. The van der Waals surface area contributed by atoms with Crippen molar-refractivity contribution in [1.29, 1.82) is 0 Å². The van der Waals surface area contributed by atoms with E-state index in [1.807, 2.05) is 30.3 Å². The maximum Gasteiger partial charge on any atom is 0.265 e. The smallest absolute Gasteiger partial charge is 0.265 e. The van der Waals surface area contributed by atoms with Crippen LogP contribution in [0.5, 0.6) is 0 Å². The number of benzene rings is 1. The molecular formula is C10H10ClNO2. The molecule has 1 saturated carbocycles. The summed E-state index contributed by atoms with van der Waals surface area (Å²) in [6.07, 6.45) is 0.574. The molecule has 0 aliphatic heterocycles. The van der Waals surface area contributed by atoms with E-state index in [9.17, 15) is 4.79 Å². The van der Waals surface area contributed by atoms with Crippen LogP contribution in [0.1, 0.15) is 17.9 Å². The highest BCUT2D eigenvalue weighted by atomic mass is 35.5. The average molecular weight is 212 g/mol. The fraction of sp³-hybridized carbons (Fsp3) is 0.300. The number of halogens is 1. The second-order valence-electron chi connectivity index (χ2n) is 3.47. The van der Waals surface area contributed by atoms with Crippen LogP contribution in [0, 0.1) is 0 Å². The summed E-state index contributed by atoms with van der Waals surface area (Å²) in [7, 11) is 0. The van der Waals surface area contributed by atoms with Gasteiger partial charge in [-0.2, -0.15) is 0 Å². The lowest BCUT2D eigenvalue weighted by atomic mass is 10.1. The molecule has 0 unspecified atom stereocenters. The molecule has 0 aromatic heterocycles. The highest BCUT2D eigenvalue weighted by molar-refractivity contribution is 6.38. The molecule has 2 rings (SSSR count).